The number of benzene rings is 1. The van der Waals surface area contributed by atoms with Crippen molar-refractivity contribution in [3.05, 3.63) is 17.7 Å². The van der Waals surface area contributed by atoms with E-state index >= 15 is 0 Å². The van der Waals surface area contributed by atoms with Gasteiger partial charge in [-0.05, 0) is 26.1 Å². The molecule has 0 amide bonds. The van der Waals surface area contributed by atoms with Gasteiger partial charge in [-0.1, -0.05) is 13.8 Å². The molecule has 1 aromatic rings. The zero-order valence-electron chi connectivity index (χ0n) is 14.3. The average molecular weight is 309 g/mol. The molecule has 5 heteroatoms. The summed E-state index contributed by atoms with van der Waals surface area (Å²) in [7, 11) is 4.65. The molecular weight excluding hydrogens is 282 g/mol. The lowest BCUT2D eigenvalue weighted by Gasteiger charge is -2.18. The van der Waals surface area contributed by atoms with Gasteiger partial charge in [0, 0.05) is 18.6 Å². The lowest BCUT2D eigenvalue weighted by Crippen LogP contribution is -2.24. The van der Waals surface area contributed by atoms with Crippen molar-refractivity contribution in [3.8, 4) is 17.2 Å². The SMILES string of the molecule is CCN(CC)CCCC(=O)c1c(OC)cc(OC)cc1OC. The Morgan fingerprint density at radius 1 is 1.00 bits per heavy atom. The molecule has 0 heterocycles. The van der Waals surface area contributed by atoms with Crippen LogP contribution in [0.15, 0.2) is 12.1 Å². The van der Waals surface area contributed by atoms with Gasteiger partial charge >= 0.3 is 0 Å². The van der Waals surface area contributed by atoms with Gasteiger partial charge in [-0.3, -0.25) is 4.79 Å². The summed E-state index contributed by atoms with van der Waals surface area (Å²) in [4.78, 5) is 14.8. The van der Waals surface area contributed by atoms with E-state index < -0.39 is 0 Å². The third-order valence-electron chi connectivity index (χ3n) is 3.77. The topological polar surface area (TPSA) is 48.0 Å². The summed E-state index contributed by atoms with van der Waals surface area (Å²) < 4.78 is 15.9. The van der Waals surface area contributed by atoms with E-state index in [4.69, 9.17) is 14.2 Å². The van der Waals surface area contributed by atoms with Crippen LogP contribution < -0.4 is 14.2 Å². The van der Waals surface area contributed by atoms with Crippen molar-refractivity contribution >= 4 is 5.78 Å². The first-order valence-electron chi connectivity index (χ1n) is 7.66. The van der Waals surface area contributed by atoms with Gasteiger partial charge in [-0.2, -0.15) is 0 Å². The maximum absolute atomic E-state index is 12.5. The van der Waals surface area contributed by atoms with Gasteiger partial charge < -0.3 is 19.1 Å². The van der Waals surface area contributed by atoms with Crippen LogP contribution in [0, 0.1) is 0 Å². The number of Topliss-reactive ketones (excluding diaryl/α,β-unsaturated/α-hetero) is 1. The van der Waals surface area contributed by atoms with Gasteiger partial charge in [-0.25, -0.2) is 0 Å². The van der Waals surface area contributed by atoms with Gasteiger partial charge in [0.25, 0.3) is 0 Å². The highest BCUT2D eigenvalue weighted by Crippen LogP contribution is 2.35. The number of hydrogen-bond donors (Lipinski definition) is 0. The molecule has 0 N–H and O–H groups in total. The van der Waals surface area contributed by atoms with Crippen molar-refractivity contribution in [2.75, 3.05) is 41.0 Å². The molecule has 0 aromatic heterocycles. The quantitative estimate of drug-likeness (QED) is 0.622. The van der Waals surface area contributed by atoms with Crippen LogP contribution in [-0.2, 0) is 0 Å². The third kappa shape index (κ3) is 4.63. The smallest absolute Gasteiger partial charge is 0.170 e. The summed E-state index contributed by atoms with van der Waals surface area (Å²) in [5, 5.41) is 0. The van der Waals surface area contributed by atoms with E-state index in [0.717, 1.165) is 26.1 Å². The lowest BCUT2D eigenvalue weighted by atomic mass is 10.0. The van der Waals surface area contributed by atoms with E-state index in [2.05, 4.69) is 18.7 Å². The lowest BCUT2D eigenvalue weighted by molar-refractivity contribution is 0.0969. The van der Waals surface area contributed by atoms with Crippen molar-refractivity contribution in [2.24, 2.45) is 0 Å². The number of ketones is 1. The second kappa shape index (κ2) is 9.30. The molecule has 1 rings (SSSR count). The van der Waals surface area contributed by atoms with Gasteiger partial charge in [0.2, 0.25) is 0 Å². The minimum Gasteiger partial charge on any atom is -0.496 e. The van der Waals surface area contributed by atoms with E-state index in [-0.39, 0.29) is 5.78 Å². The molecule has 1 aromatic carbocycles. The fraction of sp³-hybridized carbons (Fsp3) is 0.588. The van der Waals surface area contributed by atoms with Crippen LogP contribution in [0.3, 0.4) is 0 Å². The predicted octanol–water partition coefficient (Wildman–Crippen LogP) is 3.02. The molecule has 0 fully saturated rings. The number of ether oxygens (including phenoxy) is 3. The number of methoxy groups -OCH3 is 3. The van der Waals surface area contributed by atoms with E-state index in [0.29, 0.717) is 29.2 Å². The van der Waals surface area contributed by atoms with Gasteiger partial charge in [0.15, 0.2) is 5.78 Å². The molecule has 5 nitrogen and oxygen atoms in total. The van der Waals surface area contributed by atoms with Crippen molar-refractivity contribution in [1.29, 1.82) is 0 Å². The molecule has 0 saturated heterocycles. The van der Waals surface area contributed by atoms with Crippen LogP contribution in [0.5, 0.6) is 17.2 Å². The van der Waals surface area contributed by atoms with Crippen molar-refractivity contribution < 1.29 is 19.0 Å². The van der Waals surface area contributed by atoms with Crippen LogP contribution in [0.1, 0.15) is 37.0 Å². The fourth-order valence-corrected chi connectivity index (χ4v) is 2.41. The average Bonchev–Trinajstić information content (AvgIpc) is 2.56. The number of rotatable bonds is 10. The van der Waals surface area contributed by atoms with Crippen LogP contribution >= 0.6 is 0 Å². The summed E-state index contributed by atoms with van der Waals surface area (Å²) in [6.45, 7) is 7.17. The molecule has 0 atom stereocenters. The van der Waals surface area contributed by atoms with Gasteiger partial charge in [-0.15, -0.1) is 0 Å². The van der Waals surface area contributed by atoms with Crippen molar-refractivity contribution in [3.63, 3.8) is 0 Å². The Hall–Kier alpha value is -1.75. The molecule has 0 aliphatic heterocycles. The molecule has 0 aliphatic carbocycles. The highest BCUT2D eigenvalue weighted by molar-refractivity contribution is 6.01. The second-order valence-electron chi connectivity index (χ2n) is 4.96. The van der Waals surface area contributed by atoms with Gasteiger partial charge in [0.1, 0.15) is 22.8 Å². The van der Waals surface area contributed by atoms with Crippen molar-refractivity contribution in [1.82, 2.24) is 4.90 Å². The first kappa shape index (κ1) is 18.3. The normalized spacial score (nSPS) is 10.6. The van der Waals surface area contributed by atoms with E-state index in [9.17, 15) is 4.79 Å². The van der Waals surface area contributed by atoms with E-state index in [1.165, 1.54) is 0 Å². The summed E-state index contributed by atoms with van der Waals surface area (Å²) in [6.07, 6.45) is 1.29. The largest absolute Gasteiger partial charge is 0.496 e. The van der Waals surface area contributed by atoms with Crippen LogP contribution in [0.4, 0.5) is 0 Å². The first-order chi connectivity index (χ1) is 10.6. The fourth-order valence-electron chi connectivity index (χ4n) is 2.41. The van der Waals surface area contributed by atoms with Crippen LogP contribution in [0.25, 0.3) is 0 Å². The predicted molar refractivity (Wildman–Crippen MR) is 87.5 cm³/mol. The Morgan fingerprint density at radius 3 is 1.95 bits per heavy atom. The molecule has 0 aliphatic rings. The van der Waals surface area contributed by atoms with E-state index in [1.807, 2.05) is 0 Å². The number of carbonyl (C=O) groups excluding carboxylic acids is 1. The number of hydrogen-bond acceptors (Lipinski definition) is 5. The van der Waals surface area contributed by atoms with Crippen molar-refractivity contribution in [2.45, 2.75) is 26.7 Å². The maximum Gasteiger partial charge on any atom is 0.170 e. The third-order valence-corrected chi connectivity index (χ3v) is 3.77. The second-order valence-corrected chi connectivity index (χ2v) is 4.96. The Bertz CT molecular complexity index is 459. The van der Waals surface area contributed by atoms with Crippen LogP contribution in [-0.4, -0.2) is 51.6 Å². The zero-order valence-corrected chi connectivity index (χ0v) is 14.3. The van der Waals surface area contributed by atoms with Gasteiger partial charge in [0.05, 0.1) is 21.3 Å². The highest BCUT2D eigenvalue weighted by atomic mass is 16.5. The highest BCUT2D eigenvalue weighted by Gasteiger charge is 2.20. The summed E-state index contributed by atoms with van der Waals surface area (Å²) in [6, 6.07) is 3.42. The summed E-state index contributed by atoms with van der Waals surface area (Å²) >= 11 is 0. The Balaban J connectivity index is 2.87. The summed E-state index contributed by atoms with van der Waals surface area (Å²) in [5.41, 5.74) is 0.491. The standard InChI is InChI=1S/C17H27NO4/c1-6-18(7-2)10-8-9-14(19)17-15(21-4)11-13(20-3)12-16(17)22-5/h11-12H,6-10H2,1-5H3. The number of nitrogens with zero attached hydrogens (tertiary/aromatic N) is 1. The Kier molecular flexibility index (Phi) is 7.74. The monoisotopic (exact) mass is 309 g/mol. The minimum absolute atomic E-state index is 0.0310. The summed E-state index contributed by atoms with van der Waals surface area (Å²) in [5.74, 6) is 1.62. The van der Waals surface area contributed by atoms with E-state index in [1.54, 1.807) is 33.5 Å². The molecule has 0 unspecified atom stereocenters. The minimum atomic E-state index is 0.0310. The maximum atomic E-state index is 12.5. The van der Waals surface area contributed by atoms with Crippen LogP contribution in [0.2, 0.25) is 0 Å². The Labute approximate surface area is 133 Å². The zero-order chi connectivity index (χ0) is 16.5. The Morgan fingerprint density at radius 2 is 1.55 bits per heavy atom. The molecule has 0 saturated carbocycles. The molecular formula is C17H27NO4. The number of carbonyl (C=O) groups is 1. The molecule has 22 heavy (non-hydrogen) atoms. The molecule has 0 spiro atoms. The molecule has 0 bridgehead atoms. The first-order valence-corrected chi connectivity index (χ1v) is 7.66. The molecule has 124 valence electrons. The molecule has 0 radical (unpaired) electrons.